The number of ether oxygens (including phenoxy) is 1. The van der Waals surface area contributed by atoms with Crippen LogP contribution in [0.3, 0.4) is 0 Å². The third-order valence-electron chi connectivity index (χ3n) is 3.19. The predicted octanol–water partition coefficient (Wildman–Crippen LogP) is 4.43. The molecule has 2 aromatic rings. The fourth-order valence-electron chi connectivity index (χ4n) is 2.19. The normalized spacial score (nSPS) is 12.2. The van der Waals surface area contributed by atoms with Crippen molar-refractivity contribution in [1.82, 2.24) is 5.32 Å². The molecule has 0 heterocycles. The quantitative estimate of drug-likeness (QED) is 0.856. The zero-order chi connectivity index (χ0) is 15.4. The first-order valence-corrected chi connectivity index (χ1v) is 7.38. The Balaban J connectivity index is 2.42. The summed E-state index contributed by atoms with van der Waals surface area (Å²) in [6.45, 7) is 2.62. The standard InChI is InChI=1S/C16H16BrF2NO/c1-3-20-16(10-4-6-12(17)13(18)8-10)11-5-7-15(21-2)14(19)9-11/h4-9,16,20H,3H2,1-2H3. The third kappa shape index (κ3) is 3.60. The van der Waals surface area contributed by atoms with E-state index in [9.17, 15) is 8.78 Å². The number of halogens is 3. The van der Waals surface area contributed by atoms with Gasteiger partial charge in [0.1, 0.15) is 5.82 Å². The Morgan fingerprint density at radius 2 is 1.71 bits per heavy atom. The van der Waals surface area contributed by atoms with E-state index in [2.05, 4.69) is 21.2 Å². The molecule has 21 heavy (non-hydrogen) atoms. The van der Waals surface area contributed by atoms with Crippen LogP contribution in [0.5, 0.6) is 5.75 Å². The molecule has 112 valence electrons. The van der Waals surface area contributed by atoms with Crippen molar-refractivity contribution in [3.63, 3.8) is 0 Å². The van der Waals surface area contributed by atoms with Crippen LogP contribution in [-0.4, -0.2) is 13.7 Å². The highest BCUT2D eigenvalue weighted by Crippen LogP contribution is 2.28. The lowest BCUT2D eigenvalue weighted by Crippen LogP contribution is -2.22. The molecule has 0 aliphatic heterocycles. The molecule has 2 aromatic carbocycles. The molecule has 1 N–H and O–H groups in total. The molecule has 1 atom stereocenters. The highest BCUT2D eigenvalue weighted by atomic mass is 79.9. The highest BCUT2D eigenvalue weighted by Gasteiger charge is 2.16. The number of hydrogen-bond acceptors (Lipinski definition) is 2. The molecule has 0 saturated heterocycles. The summed E-state index contributed by atoms with van der Waals surface area (Å²) in [5, 5.41) is 3.24. The lowest BCUT2D eigenvalue weighted by molar-refractivity contribution is 0.385. The molecule has 5 heteroatoms. The largest absolute Gasteiger partial charge is 0.494 e. The predicted molar refractivity (Wildman–Crippen MR) is 82.6 cm³/mol. The minimum atomic E-state index is -0.435. The Kier molecular flexibility index (Phi) is 5.31. The van der Waals surface area contributed by atoms with Crippen LogP contribution in [0.1, 0.15) is 24.1 Å². The maximum atomic E-state index is 13.9. The van der Waals surface area contributed by atoms with Gasteiger partial charge in [-0.05, 0) is 57.9 Å². The van der Waals surface area contributed by atoms with Crippen LogP contribution in [0, 0.1) is 11.6 Å². The molecule has 2 nitrogen and oxygen atoms in total. The monoisotopic (exact) mass is 355 g/mol. The summed E-state index contributed by atoms with van der Waals surface area (Å²) in [5.41, 5.74) is 1.46. The van der Waals surface area contributed by atoms with Gasteiger partial charge in [-0.25, -0.2) is 8.78 Å². The summed E-state index contributed by atoms with van der Waals surface area (Å²) in [6.07, 6.45) is 0. The van der Waals surface area contributed by atoms with Crippen molar-refractivity contribution in [2.45, 2.75) is 13.0 Å². The zero-order valence-corrected chi connectivity index (χ0v) is 13.4. The molecule has 2 rings (SSSR count). The van der Waals surface area contributed by atoms with Crippen LogP contribution in [0.4, 0.5) is 8.78 Å². The van der Waals surface area contributed by atoms with Crippen LogP contribution < -0.4 is 10.1 Å². The second-order valence-corrected chi connectivity index (χ2v) is 5.41. The van der Waals surface area contributed by atoms with E-state index in [-0.39, 0.29) is 17.6 Å². The van der Waals surface area contributed by atoms with Crippen molar-refractivity contribution >= 4 is 15.9 Å². The fraction of sp³-hybridized carbons (Fsp3) is 0.250. The molecular weight excluding hydrogens is 340 g/mol. The first kappa shape index (κ1) is 15.9. The average molecular weight is 356 g/mol. The lowest BCUT2D eigenvalue weighted by atomic mass is 9.98. The molecule has 0 aromatic heterocycles. The number of hydrogen-bond donors (Lipinski definition) is 1. The Labute approximate surface area is 131 Å². The lowest BCUT2D eigenvalue weighted by Gasteiger charge is -2.20. The molecule has 0 amide bonds. The molecular formula is C16H16BrF2NO. The van der Waals surface area contributed by atoms with Crippen molar-refractivity contribution in [1.29, 1.82) is 0 Å². The number of rotatable bonds is 5. The van der Waals surface area contributed by atoms with Gasteiger partial charge >= 0.3 is 0 Å². The minimum absolute atomic E-state index is 0.191. The van der Waals surface area contributed by atoms with Crippen molar-refractivity contribution in [2.75, 3.05) is 13.7 Å². The van der Waals surface area contributed by atoms with E-state index in [0.717, 1.165) is 11.1 Å². The van der Waals surface area contributed by atoms with E-state index in [1.165, 1.54) is 19.2 Å². The first-order chi connectivity index (χ1) is 10.1. The molecule has 0 radical (unpaired) electrons. The molecule has 0 fully saturated rings. The molecule has 0 spiro atoms. The van der Waals surface area contributed by atoms with Gasteiger partial charge in [-0.15, -0.1) is 0 Å². The Morgan fingerprint density at radius 1 is 1.10 bits per heavy atom. The van der Waals surface area contributed by atoms with Crippen LogP contribution in [0.25, 0.3) is 0 Å². The maximum absolute atomic E-state index is 13.9. The van der Waals surface area contributed by atoms with E-state index < -0.39 is 5.82 Å². The second kappa shape index (κ2) is 7.00. The summed E-state index contributed by atoms with van der Waals surface area (Å²) in [4.78, 5) is 0. The van der Waals surface area contributed by atoms with Crippen LogP contribution >= 0.6 is 15.9 Å². The summed E-state index contributed by atoms with van der Waals surface area (Å²) >= 11 is 3.13. The Bertz CT molecular complexity index is 634. The molecule has 0 aliphatic rings. The van der Waals surface area contributed by atoms with Gasteiger partial charge in [0, 0.05) is 0 Å². The topological polar surface area (TPSA) is 21.3 Å². The van der Waals surface area contributed by atoms with E-state index in [0.29, 0.717) is 11.0 Å². The van der Waals surface area contributed by atoms with Gasteiger partial charge in [0.2, 0.25) is 0 Å². The van der Waals surface area contributed by atoms with Crippen molar-refractivity contribution in [2.24, 2.45) is 0 Å². The fourth-order valence-corrected chi connectivity index (χ4v) is 2.43. The minimum Gasteiger partial charge on any atom is -0.494 e. The number of methoxy groups -OCH3 is 1. The van der Waals surface area contributed by atoms with Gasteiger partial charge in [-0.3, -0.25) is 0 Å². The third-order valence-corrected chi connectivity index (χ3v) is 3.84. The maximum Gasteiger partial charge on any atom is 0.165 e. The van der Waals surface area contributed by atoms with Crippen molar-refractivity contribution < 1.29 is 13.5 Å². The number of benzene rings is 2. The molecule has 0 aliphatic carbocycles. The van der Waals surface area contributed by atoms with E-state index in [1.807, 2.05) is 13.0 Å². The second-order valence-electron chi connectivity index (χ2n) is 4.56. The molecule has 0 saturated carbocycles. The smallest absolute Gasteiger partial charge is 0.165 e. The SMILES string of the molecule is CCNC(c1ccc(Br)c(F)c1)c1ccc(OC)c(F)c1. The van der Waals surface area contributed by atoms with Gasteiger partial charge in [0.15, 0.2) is 11.6 Å². The van der Waals surface area contributed by atoms with E-state index in [1.54, 1.807) is 18.2 Å². The van der Waals surface area contributed by atoms with E-state index in [4.69, 9.17) is 4.74 Å². The van der Waals surface area contributed by atoms with Gasteiger partial charge < -0.3 is 10.1 Å². The van der Waals surface area contributed by atoms with Crippen LogP contribution in [-0.2, 0) is 0 Å². The van der Waals surface area contributed by atoms with Gasteiger partial charge in [-0.1, -0.05) is 19.1 Å². The first-order valence-electron chi connectivity index (χ1n) is 6.58. The number of nitrogens with one attached hydrogen (secondary N) is 1. The highest BCUT2D eigenvalue weighted by molar-refractivity contribution is 9.10. The van der Waals surface area contributed by atoms with Gasteiger partial charge in [0.05, 0.1) is 17.6 Å². The van der Waals surface area contributed by atoms with Crippen LogP contribution in [0.2, 0.25) is 0 Å². The summed E-state index contributed by atoms with van der Waals surface area (Å²) in [6, 6.07) is 9.38. The molecule has 0 bridgehead atoms. The molecule has 1 unspecified atom stereocenters. The van der Waals surface area contributed by atoms with Crippen molar-refractivity contribution in [3.8, 4) is 5.75 Å². The van der Waals surface area contributed by atoms with Gasteiger partial charge in [-0.2, -0.15) is 0 Å². The summed E-state index contributed by atoms with van der Waals surface area (Å²) in [7, 11) is 1.42. The Hall–Kier alpha value is -1.46. The summed E-state index contributed by atoms with van der Waals surface area (Å²) < 4.78 is 32.9. The van der Waals surface area contributed by atoms with Crippen LogP contribution in [0.15, 0.2) is 40.9 Å². The zero-order valence-electron chi connectivity index (χ0n) is 11.8. The van der Waals surface area contributed by atoms with Crippen molar-refractivity contribution in [3.05, 3.63) is 63.6 Å². The summed E-state index contributed by atoms with van der Waals surface area (Å²) in [5.74, 6) is -0.587. The average Bonchev–Trinajstić information content (AvgIpc) is 2.48. The van der Waals surface area contributed by atoms with Gasteiger partial charge in [0.25, 0.3) is 0 Å². The van der Waals surface area contributed by atoms with E-state index >= 15 is 0 Å². The Morgan fingerprint density at radius 3 is 2.24 bits per heavy atom.